The highest BCUT2D eigenvalue weighted by Crippen LogP contribution is 2.23. The molecule has 0 saturated heterocycles. The molecule has 3 N–H and O–H groups in total. The summed E-state index contributed by atoms with van der Waals surface area (Å²) in [4.78, 5) is 12.2. The number of nitrogens with two attached hydrogens (primary N) is 1. The van der Waals surface area contributed by atoms with Gasteiger partial charge in [0.15, 0.2) is 0 Å². The summed E-state index contributed by atoms with van der Waals surface area (Å²) in [5.74, 6) is 0.602. The van der Waals surface area contributed by atoms with E-state index in [1.807, 2.05) is 37.3 Å². The molecule has 7 heteroatoms. The lowest BCUT2D eigenvalue weighted by Gasteiger charge is -2.11. The molecule has 1 aromatic heterocycles. The molecule has 1 heterocycles. The lowest BCUT2D eigenvalue weighted by atomic mass is 10.1. The van der Waals surface area contributed by atoms with Crippen LogP contribution in [0.5, 0.6) is 0 Å². The van der Waals surface area contributed by atoms with Crippen molar-refractivity contribution in [3.8, 4) is 0 Å². The summed E-state index contributed by atoms with van der Waals surface area (Å²) in [5.41, 5.74) is 1.66. The third-order valence-corrected chi connectivity index (χ3v) is 5.07. The smallest absolute Gasteiger partial charge is 0.238 e. The van der Waals surface area contributed by atoms with Crippen molar-refractivity contribution < 1.29 is 17.6 Å². The monoisotopic (exact) mass is 372 g/mol. The molecule has 0 bridgehead atoms. The van der Waals surface area contributed by atoms with Crippen molar-refractivity contribution in [2.24, 2.45) is 5.14 Å². The summed E-state index contributed by atoms with van der Waals surface area (Å²) in [6.45, 7) is 1.87. The van der Waals surface area contributed by atoms with E-state index in [0.717, 1.165) is 16.5 Å². The fraction of sp³-hybridized carbons (Fsp3) is 0.211. The Labute approximate surface area is 152 Å². The number of rotatable bonds is 6. The van der Waals surface area contributed by atoms with Crippen LogP contribution < -0.4 is 10.5 Å². The maximum atomic E-state index is 12.2. The minimum Gasteiger partial charge on any atom is -0.459 e. The molecule has 1 atom stereocenters. The normalized spacial score (nSPS) is 12.8. The van der Waals surface area contributed by atoms with Crippen LogP contribution in [-0.4, -0.2) is 14.3 Å². The van der Waals surface area contributed by atoms with Crippen molar-refractivity contribution >= 4 is 26.9 Å². The van der Waals surface area contributed by atoms with E-state index in [0.29, 0.717) is 18.6 Å². The molecule has 0 aliphatic heterocycles. The van der Waals surface area contributed by atoms with Gasteiger partial charge >= 0.3 is 0 Å². The number of fused-ring (bicyclic) bond motifs is 1. The molecule has 3 rings (SSSR count). The van der Waals surface area contributed by atoms with Gasteiger partial charge in [-0.2, -0.15) is 0 Å². The average Bonchev–Trinajstić information content (AvgIpc) is 3.04. The molecule has 2 aromatic carbocycles. The Morgan fingerprint density at radius 3 is 2.50 bits per heavy atom. The third-order valence-electron chi connectivity index (χ3n) is 4.14. The maximum absolute atomic E-state index is 12.2. The minimum atomic E-state index is -3.70. The van der Waals surface area contributed by atoms with Crippen molar-refractivity contribution in [2.75, 3.05) is 0 Å². The van der Waals surface area contributed by atoms with Gasteiger partial charge in [0, 0.05) is 11.8 Å². The second kappa shape index (κ2) is 7.31. The second-order valence-electron chi connectivity index (χ2n) is 6.16. The zero-order valence-corrected chi connectivity index (χ0v) is 15.1. The number of benzene rings is 2. The van der Waals surface area contributed by atoms with Crippen LogP contribution in [0.1, 0.15) is 30.7 Å². The number of hydrogen-bond acceptors (Lipinski definition) is 4. The zero-order valence-electron chi connectivity index (χ0n) is 14.3. The molecule has 0 aliphatic rings. The van der Waals surface area contributed by atoms with Gasteiger partial charge in [-0.3, -0.25) is 4.79 Å². The quantitative estimate of drug-likeness (QED) is 0.694. The molecule has 1 unspecified atom stereocenters. The van der Waals surface area contributed by atoms with Crippen molar-refractivity contribution in [1.29, 1.82) is 0 Å². The van der Waals surface area contributed by atoms with Crippen LogP contribution in [0.3, 0.4) is 0 Å². The molecule has 0 fully saturated rings. The number of furan rings is 1. The number of nitrogens with one attached hydrogen (secondary N) is 1. The SMILES string of the molecule is CC(NC(=O)CCc1ccc(S(N)(=O)=O)cc1)c1cc2ccccc2o1. The van der Waals surface area contributed by atoms with E-state index in [-0.39, 0.29) is 16.8 Å². The first kappa shape index (κ1) is 18.2. The standard InChI is InChI=1S/C19H20N2O4S/c1-13(18-12-15-4-2-3-5-17(15)25-18)21-19(22)11-8-14-6-9-16(10-7-14)26(20,23)24/h2-7,9-10,12-13H,8,11H2,1H3,(H,21,22)(H2,20,23,24). The molecule has 0 aliphatic carbocycles. The first-order chi connectivity index (χ1) is 12.3. The van der Waals surface area contributed by atoms with Crippen LogP contribution >= 0.6 is 0 Å². The zero-order chi connectivity index (χ0) is 18.7. The van der Waals surface area contributed by atoms with Crippen LogP contribution in [0.4, 0.5) is 0 Å². The van der Waals surface area contributed by atoms with E-state index in [9.17, 15) is 13.2 Å². The predicted octanol–water partition coefficient (Wildman–Crippen LogP) is 2.89. The summed E-state index contributed by atoms with van der Waals surface area (Å²) < 4.78 is 28.2. The van der Waals surface area contributed by atoms with Crippen LogP contribution in [0, 0.1) is 0 Å². The molecule has 0 spiro atoms. The summed E-state index contributed by atoms with van der Waals surface area (Å²) >= 11 is 0. The first-order valence-electron chi connectivity index (χ1n) is 8.22. The predicted molar refractivity (Wildman–Crippen MR) is 98.9 cm³/mol. The topological polar surface area (TPSA) is 102 Å². The molecular formula is C19H20N2O4S. The Bertz CT molecular complexity index is 990. The third kappa shape index (κ3) is 4.30. The fourth-order valence-corrected chi connectivity index (χ4v) is 3.22. The number of amides is 1. The van der Waals surface area contributed by atoms with Gasteiger partial charge in [-0.05, 0) is 43.2 Å². The van der Waals surface area contributed by atoms with Crippen molar-refractivity contribution in [2.45, 2.75) is 30.7 Å². The van der Waals surface area contributed by atoms with E-state index < -0.39 is 10.0 Å². The molecule has 0 radical (unpaired) electrons. The van der Waals surface area contributed by atoms with Gasteiger partial charge in [-0.1, -0.05) is 30.3 Å². The van der Waals surface area contributed by atoms with Crippen molar-refractivity contribution in [3.63, 3.8) is 0 Å². The van der Waals surface area contributed by atoms with E-state index in [1.54, 1.807) is 12.1 Å². The number of carbonyl (C=O) groups is 1. The highest BCUT2D eigenvalue weighted by Gasteiger charge is 2.14. The number of hydrogen-bond donors (Lipinski definition) is 2. The lowest BCUT2D eigenvalue weighted by Crippen LogP contribution is -2.26. The van der Waals surface area contributed by atoms with Gasteiger partial charge in [-0.25, -0.2) is 13.6 Å². The Kier molecular flexibility index (Phi) is 5.11. The van der Waals surface area contributed by atoms with Crippen molar-refractivity contribution in [3.05, 3.63) is 65.9 Å². The van der Waals surface area contributed by atoms with E-state index in [4.69, 9.17) is 9.56 Å². The Morgan fingerprint density at radius 2 is 1.85 bits per heavy atom. The largest absolute Gasteiger partial charge is 0.459 e. The Hall–Kier alpha value is -2.64. The highest BCUT2D eigenvalue weighted by atomic mass is 32.2. The molecule has 0 saturated carbocycles. The van der Waals surface area contributed by atoms with E-state index in [2.05, 4.69) is 5.32 Å². The van der Waals surface area contributed by atoms with Gasteiger partial charge in [0.25, 0.3) is 0 Å². The molecule has 136 valence electrons. The van der Waals surface area contributed by atoms with Crippen molar-refractivity contribution in [1.82, 2.24) is 5.32 Å². The van der Waals surface area contributed by atoms with E-state index >= 15 is 0 Å². The van der Waals surface area contributed by atoms with Crippen LogP contribution in [0.15, 0.2) is 63.9 Å². The number of primary sulfonamides is 1. The number of carbonyl (C=O) groups excluding carboxylic acids is 1. The van der Waals surface area contributed by atoms with Gasteiger partial charge < -0.3 is 9.73 Å². The summed E-state index contributed by atoms with van der Waals surface area (Å²) in [5, 5.41) is 8.98. The van der Waals surface area contributed by atoms with Crippen LogP contribution in [0.2, 0.25) is 0 Å². The molecule has 26 heavy (non-hydrogen) atoms. The first-order valence-corrected chi connectivity index (χ1v) is 9.77. The minimum absolute atomic E-state index is 0.0595. The molecular weight excluding hydrogens is 352 g/mol. The van der Waals surface area contributed by atoms with Crippen LogP contribution in [-0.2, 0) is 21.2 Å². The average molecular weight is 372 g/mol. The van der Waals surface area contributed by atoms with Gasteiger partial charge in [0.2, 0.25) is 15.9 Å². The molecule has 1 amide bonds. The fourth-order valence-electron chi connectivity index (χ4n) is 2.70. The van der Waals surface area contributed by atoms with Gasteiger partial charge in [0.05, 0.1) is 10.9 Å². The molecule has 6 nitrogen and oxygen atoms in total. The van der Waals surface area contributed by atoms with Gasteiger partial charge in [0.1, 0.15) is 11.3 Å². The number of para-hydroxylation sites is 1. The highest BCUT2D eigenvalue weighted by molar-refractivity contribution is 7.89. The second-order valence-corrected chi connectivity index (χ2v) is 7.73. The molecule has 3 aromatic rings. The number of sulfonamides is 1. The number of aryl methyl sites for hydroxylation is 1. The van der Waals surface area contributed by atoms with E-state index in [1.165, 1.54) is 12.1 Å². The maximum Gasteiger partial charge on any atom is 0.238 e. The van der Waals surface area contributed by atoms with Gasteiger partial charge in [-0.15, -0.1) is 0 Å². The summed E-state index contributed by atoms with van der Waals surface area (Å²) in [6, 6.07) is 15.6. The Morgan fingerprint density at radius 1 is 1.15 bits per heavy atom. The summed E-state index contributed by atoms with van der Waals surface area (Å²) in [6.07, 6.45) is 0.795. The lowest BCUT2D eigenvalue weighted by molar-refractivity contribution is -0.121. The van der Waals surface area contributed by atoms with Crippen LogP contribution in [0.25, 0.3) is 11.0 Å². The summed E-state index contributed by atoms with van der Waals surface area (Å²) in [7, 11) is -3.70. The Balaban J connectivity index is 1.56.